The number of benzene rings is 1. The minimum absolute atomic E-state index is 0.0107. The lowest BCUT2D eigenvalue weighted by Crippen LogP contribution is -2.13. The molecule has 0 bridgehead atoms. The number of nitrogens with one attached hydrogen (secondary N) is 1. The zero-order chi connectivity index (χ0) is 15.9. The largest absolute Gasteiger partial charge is 0.323 e. The van der Waals surface area contributed by atoms with Gasteiger partial charge in [0, 0.05) is 12.2 Å². The number of sulfone groups is 1. The van der Waals surface area contributed by atoms with Crippen molar-refractivity contribution in [3.05, 3.63) is 36.7 Å². The van der Waals surface area contributed by atoms with E-state index in [1.165, 1.54) is 16.9 Å². The van der Waals surface area contributed by atoms with Gasteiger partial charge in [-0.05, 0) is 24.5 Å². The summed E-state index contributed by atoms with van der Waals surface area (Å²) in [5, 5.41) is 6.96. The maximum Gasteiger partial charge on any atom is 0.227 e. The van der Waals surface area contributed by atoms with Crippen molar-refractivity contribution in [2.24, 2.45) is 11.8 Å². The highest BCUT2D eigenvalue weighted by molar-refractivity contribution is 7.90. The Morgan fingerprint density at radius 2 is 2.05 bits per heavy atom. The fraction of sp³-hybridized carbons (Fsp3) is 0.333. The van der Waals surface area contributed by atoms with Crippen molar-refractivity contribution in [2.45, 2.75) is 18.2 Å². The molecule has 1 amide bonds. The zero-order valence-electron chi connectivity index (χ0n) is 12.4. The van der Waals surface area contributed by atoms with Crippen molar-refractivity contribution >= 4 is 21.4 Å². The molecule has 0 saturated heterocycles. The summed E-state index contributed by atoms with van der Waals surface area (Å²) >= 11 is 0. The molecule has 22 heavy (non-hydrogen) atoms. The molecule has 0 aliphatic heterocycles. The number of aromatic nitrogens is 2. The van der Waals surface area contributed by atoms with Crippen molar-refractivity contribution < 1.29 is 13.2 Å². The van der Waals surface area contributed by atoms with Crippen LogP contribution in [0.25, 0.3) is 5.69 Å². The molecule has 2 aromatic rings. The highest BCUT2D eigenvalue weighted by Crippen LogP contribution is 2.38. The summed E-state index contributed by atoms with van der Waals surface area (Å²) in [7, 11) is -3.35. The van der Waals surface area contributed by atoms with Crippen LogP contribution in [0.2, 0.25) is 0 Å². The van der Waals surface area contributed by atoms with Gasteiger partial charge in [0.15, 0.2) is 9.84 Å². The van der Waals surface area contributed by atoms with Crippen LogP contribution < -0.4 is 5.32 Å². The molecule has 1 saturated carbocycles. The van der Waals surface area contributed by atoms with Gasteiger partial charge in [0.1, 0.15) is 0 Å². The molecule has 1 aromatic carbocycles. The summed E-state index contributed by atoms with van der Waals surface area (Å²) in [6, 6.07) is 6.63. The smallest absolute Gasteiger partial charge is 0.227 e. The Hall–Kier alpha value is -2.15. The lowest BCUT2D eigenvalue weighted by molar-refractivity contribution is -0.117. The van der Waals surface area contributed by atoms with E-state index in [-0.39, 0.29) is 16.7 Å². The van der Waals surface area contributed by atoms with Gasteiger partial charge in [-0.3, -0.25) is 4.79 Å². The van der Waals surface area contributed by atoms with E-state index >= 15 is 0 Å². The third-order valence-electron chi connectivity index (χ3n) is 3.81. The third kappa shape index (κ3) is 2.89. The van der Waals surface area contributed by atoms with Gasteiger partial charge in [-0.2, -0.15) is 5.10 Å². The highest BCUT2D eigenvalue weighted by atomic mass is 32.2. The highest BCUT2D eigenvalue weighted by Gasteiger charge is 2.39. The number of amides is 1. The molecule has 2 atom stereocenters. The van der Waals surface area contributed by atoms with Gasteiger partial charge in [-0.15, -0.1) is 0 Å². The predicted molar refractivity (Wildman–Crippen MR) is 82.6 cm³/mol. The van der Waals surface area contributed by atoms with E-state index in [1.807, 2.05) is 6.92 Å². The minimum atomic E-state index is -3.35. The fourth-order valence-electron chi connectivity index (χ4n) is 2.40. The van der Waals surface area contributed by atoms with E-state index in [9.17, 15) is 13.2 Å². The van der Waals surface area contributed by atoms with Crippen molar-refractivity contribution in [3.8, 4) is 5.69 Å². The van der Waals surface area contributed by atoms with Crippen molar-refractivity contribution in [3.63, 3.8) is 0 Å². The zero-order valence-corrected chi connectivity index (χ0v) is 13.2. The Kier molecular flexibility index (Phi) is 3.52. The van der Waals surface area contributed by atoms with Gasteiger partial charge in [-0.25, -0.2) is 13.1 Å². The molecule has 7 heteroatoms. The van der Waals surface area contributed by atoms with Crippen LogP contribution in [0.5, 0.6) is 0 Å². The lowest BCUT2D eigenvalue weighted by atomic mass is 10.3. The molecule has 1 aromatic heterocycles. The monoisotopic (exact) mass is 319 g/mol. The maximum atomic E-state index is 11.9. The Morgan fingerprint density at radius 3 is 2.68 bits per heavy atom. The van der Waals surface area contributed by atoms with Crippen LogP contribution >= 0.6 is 0 Å². The maximum absolute atomic E-state index is 11.9. The first kappa shape index (κ1) is 14.8. The number of carbonyl (C=O) groups excluding carboxylic acids is 1. The molecule has 1 N–H and O–H groups in total. The summed E-state index contributed by atoms with van der Waals surface area (Å²) in [6.45, 7) is 2.04. The second-order valence-electron chi connectivity index (χ2n) is 5.72. The van der Waals surface area contributed by atoms with E-state index in [0.29, 0.717) is 17.3 Å². The standard InChI is InChI=1S/C15H17N3O3S/c1-10-7-12(10)15(19)17-11-8-16-18(9-11)13-5-3-4-6-14(13)22(2,20)21/h3-6,8-10,12H,7H2,1-2H3,(H,17,19)/t10-,12-/m0/s1. The molecule has 1 aliphatic carbocycles. The van der Waals surface area contributed by atoms with E-state index in [0.717, 1.165) is 12.7 Å². The van der Waals surface area contributed by atoms with E-state index in [1.54, 1.807) is 24.4 Å². The number of nitrogens with zero attached hydrogens (tertiary/aromatic N) is 2. The first-order chi connectivity index (χ1) is 10.4. The molecular formula is C15H17N3O3S. The molecule has 1 heterocycles. The molecule has 0 spiro atoms. The van der Waals surface area contributed by atoms with Gasteiger partial charge < -0.3 is 5.32 Å². The number of hydrogen-bond acceptors (Lipinski definition) is 4. The third-order valence-corrected chi connectivity index (χ3v) is 4.95. The van der Waals surface area contributed by atoms with Crippen LogP contribution in [-0.4, -0.2) is 30.4 Å². The summed E-state index contributed by atoms with van der Waals surface area (Å²) in [6.07, 6.45) is 5.21. The summed E-state index contributed by atoms with van der Waals surface area (Å²) < 4.78 is 25.1. The molecule has 116 valence electrons. The molecule has 1 aliphatic rings. The second kappa shape index (κ2) is 5.24. The van der Waals surface area contributed by atoms with Crippen molar-refractivity contribution in [1.29, 1.82) is 0 Å². The number of hydrogen-bond donors (Lipinski definition) is 1. The van der Waals surface area contributed by atoms with Crippen LogP contribution in [0.15, 0.2) is 41.6 Å². The van der Waals surface area contributed by atoms with E-state index in [4.69, 9.17) is 0 Å². The first-order valence-corrected chi connectivity index (χ1v) is 8.90. The molecule has 6 nitrogen and oxygen atoms in total. The van der Waals surface area contributed by atoms with Gasteiger partial charge in [0.25, 0.3) is 0 Å². The Bertz CT molecular complexity index is 826. The molecule has 3 rings (SSSR count). The Morgan fingerprint density at radius 1 is 1.36 bits per heavy atom. The summed E-state index contributed by atoms with van der Waals surface area (Å²) in [5.41, 5.74) is 1.03. The number of anilines is 1. The molecule has 1 fully saturated rings. The normalized spacial score (nSPS) is 20.6. The fourth-order valence-corrected chi connectivity index (χ4v) is 3.27. The van der Waals surface area contributed by atoms with Crippen molar-refractivity contribution in [2.75, 3.05) is 11.6 Å². The predicted octanol–water partition coefficient (Wildman–Crippen LogP) is 1.87. The van der Waals surface area contributed by atoms with Crippen molar-refractivity contribution in [1.82, 2.24) is 9.78 Å². The van der Waals surface area contributed by atoms with Crippen LogP contribution in [0.3, 0.4) is 0 Å². The van der Waals surface area contributed by atoms with E-state index in [2.05, 4.69) is 10.4 Å². The summed E-state index contributed by atoms with van der Waals surface area (Å²) in [5.74, 6) is 0.496. The second-order valence-corrected chi connectivity index (χ2v) is 7.71. The summed E-state index contributed by atoms with van der Waals surface area (Å²) in [4.78, 5) is 12.1. The van der Waals surface area contributed by atoms with Crippen LogP contribution in [0, 0.1) is 11.8 Å². The number of carbonyl (C=O) groups is 1. The van der Waals surface area contributed by atoms with Gasteiger partial charge in [0.05, 0.1) is 28.7 Å². The van der Waals surface area contributed by atoms with Gasteiger partial charge in [0.2, 0.25) is 5.91 Å². The molecule has 0 radical (unpaired) electrons. The van der Waals surface area contributed by atoms with Crippen LogP contribution in [0.1, 0.15) is 13.3 Å². The Balaban J connectivity index is 1.87. The molecule has 0 unspecified atom stereocenters. The number of rotatable bonds is 4. The first-order valence-electron chi connectivity index (χ1n) is 7.01. The van der Waals surface area contributed by atoms with Gasteiger partial charge in [-0.1, -0.05) is 19.1 Å². The topological polar surface area (TPSA) is 81.1 Å². The van der Waals surface area contributed by atoms with Crippen LogP contribution in [-0.2, 0) is 14.6 Å². The van der Waals surface area contributed by atoms with E-state index < -0.39 is 9.84 Å². The average molecular weight is 319 g/mol. The quantitative estimate of drug-likeness (QED) is 0.933. The Labute approximate surface area is 129 Å². The average Bonchev–Trinajstić information content (AvgIpc) is 3.01. The SMILES string of the molecule is C[C@H]1C[C@@H]1C(=O)Nc1cnn(-c2ccccc2S(C)(=O)=O)c1. The minimum Gasteiger partial charge on any atom is -0.323 e. The number of para-hydroxylation sites is 1. The molecular weight excluding hydrogens is 302 g/mol. The van der Waals surface area contributed by atoms with Crippen LogP contribution in [0.4, 0.5) is 5.69 Å². The van der Waals surface area contributed by atoms with Gasteiger partial charge >= 0.3 is 0 Å². The lowest BCUT2D eigenvalue weighted by Gasteiger charge is -2.07.